The molecule has 4 rings (SSSR count). The van der Waals surface area contributed by atoms with Crippen LogP contribution in [0.5, 0.6) is 0 Å². The van der Waals surface area contributed by atoms with E-state index < -0.39 is 0 Å². The first-order valence-electron chi connectivity index (χ1n) is 9.46. The Bertz CT molecular complexity index is 1050. The number of pyridine rings is 1. The number of nitrogens with zero attached hydrogens (tertiary/aromatic N) is 4. The lowest BCUT2D eigenvalue weighted by molar-refractivity contribution is -0.0987. The molecule has 0 fully saturated rings. The second-order valence-corrected chi connectivity index (χ2v) is 6.11. The number of hydrogen-bond donors (Lipinski definition) is 1. The van der Waals surface area contributed by atoms with Crippen LogP contribution >= 0.6 is 0 Å². The summed E-state index contributed by atoms with van der Waals surface area (Å²) in [5, 5.41) is 8.74. The average Bonchev–Trinajstić information content (AvgIpc) is 3.37. The van der Waals surface area contributed by atoms with Gasteiger partial charge < -0.3 is 19.5 Å². The second-order valence-electron chi connectivity index (χ2n) is 6.11. The highest BCUT2D eigenvalue weighted by molar-refractivity contribution is 5.88. The number of carbonyl (C=O) groups excluding carboxylic acids is 2. The monoisotopic (exact) mass is 407 g/mol. The number of aromatic nitrogens is 4. The van der Waals surface area contributed by atoms with Crippen molar-refractivity contribution >= 4 is 36.0 Å². The molecular formula is C23H29N5O2. The topological polar surface area (TPSA) is 81.8 Å². The van der Waals surface area contributed by atoms with Crippen molar-refractivity contribution in [1.82, 2.24) is 19.3 Å². The summed E-state index contributed by atoms with van der Waals surface area (Å²) < 4.78 is 3.99. The van der Waals surface area contributed by atoms with Crippen molar-refractivity contribution in [3.05, 3.63) is 60.6 Å². The van der Waals surface area contributed by atoms with E-state index in [1.165, 1.54) is 5.56 Å². The van der Waals surface area contributed by atoms with Crippen molar-refractivity contribution in [3.63, 3.8) is 0 Å². The van der Waals surface area contributed by atoms with Crippen LogP contribution in [0, 0.1) is 6.92 Å². The van der Waals surface area contributed by atoms with Crippen molar-refractivity contribution < 1.29 is 9.59 Å². The summed E-state index contributed by atoms with van der Waals surface area (Å²) in [5.41, 5.74) is 5.65. The fourth-order valence-corrected chi connectivity index (χ4v) is 2.91. The second kappa shape index (κ2) is 12.0. The average molecular weight is 408 g/mol. The van der Waals surface area contributed by atoms with Crippen molar-refractivity contribution in [1.29, 1.82) is 0 Å². The van der Waals surface area contributed by atoms with Crippen LogP contribution in [0.4, 0.5) is 11.5 Å². The minimum absolute atomic E-state index is 0.838. The molecule has 7 heteroatoms. The van der Waals surface area contributed by atoms with Crippen LogP contribution < -0.4 is 5.32 Å². The molecule has 0 amide bonds. The molecule has 7 nitrogen and oxygen atoms in total. The third-order valence-electron chi connectivity index (χ3n) is 4.25. The molecule has 3 aromatic heterocycles. The van der Waals surface area contributed by atoms with Gasteiger partial charge in [0.2, 0.25) is 0 Å². The molecule has 0 bridgehead atoms. The number of fused-ring (bicyclic) bond motifs is 1. The summed E-state index contributed by atoms with van der Waals surface area (Å²) >= 11 is 0. The van der Waals surface area contributed by atoms with E-state index in [1.54, 1.807) is 0 Å². The third kappa shape index (κ3) is 5.64. The normalized spacial score (nSPS) is 9.37. The molecule has 0 radical (unpaired) electrons. The first-order valence-corrected chi connectivity index (χ1v) is 9.46. The van der Waals surface area contributed by atoms with Gasteiger partial charge in [-0.15, -0.1) is 0 Å². The fourth-order valence-electron chi connectivity index (χ4n) is 2.91. The largest absolute Gasteiger partial charge is 0.343 e. The van der Waals surface area contributed by atoms with Gasteiger partial charge in [0.05, 0.1) is 17.4 Å². The predicted molar refractivity (Wildman–Crippen MR) is 123 cm³/mol. The lowest BCUT2D eigenvalue weighted by Gasteiger charge is -2.07. The quantitative estimate of drug-likeness (QED) is 0.533. The molecular weight excluding hydrogens is 378 g/mol. The Morgan fingerprint density at radius 3 is 2.13 bits per heavy atom. The Labute approximate surface area is 177 Å². The molecule has 158 valence electrons. The molecule has 0 aliphatic rings. The summed E-state index contributed by atoms with van der Waals surface area (Å²) in [5.74, 6) is 0.838. The van der Waals surface area contributed by atoms with E-state index in [0.29, 0.717) is 0 Å². The van der Waals surface area contributed by atoms with E-state index in [4.69, 9.17) is 9.59 Å². The summed E-state index contributed by atoms with van der Waals surface area (Å²) in [7, 11) is 4.00. The highest BCUT2D eigenvalue weighted by Crippen LogP contribution is 2.28. The number of nitrogens with one attached hydrogen (secondary N) is 1. The SMILES string of the molecule is C=O.C=O.CC.Cc1ccc(Nc2cc3c(cn2)cc(-c2cnn(C)c2)n3C)cc1. The third-order valence-corrected chi connectivity index (χ3v) is 4.25. The predicted octanol–water partition coefficient (Wildman–Crippen LogP) is 4.68. The Hall–Kier alpha value is -3.74. The van der Waals surface area contributed by atoms with Gasteiger partial charge in [-0.25, -0.2) is 4.98 Å². The zero-order valence-corrected chi connectivity index (χ0v) is 18.2. The Morgan fingerprint density at radius 2 is 1.57 bits per heavy atom. The maximum atomic E-state index is 8.00. The molecule has 0 saturated carbocycles. The molecule has 3 heterocycles. The smallest absolute Gasteiger partial charge is 0.132 e. The number of carbonyl (C=O) groups is 2. The lowest BCUT2D eigenvalue weighted by atomic mass is 10.2. The minimum Gasteiger partial charge on any atom is -0.343 e. The highest BCUT2D eigenvalue weighted by atomic mass is 16.1. The Balaban J connectivity index is 0.000000691. The number of aryl methyl sites for hydroxylation is 3. The van der Waals surface area contributed by atoms with E-state index in [1.807, 2.05) is 57.7 Å². The molecule has 0 unspecified atom stereocenters. The highest BCUT2D eigenvalue weighted by Gasteiger charge is 2.10. The molecule has 30 heavy (non-hydrogen) atoms. The molecule has 1 aromatic carbocycles. The molecule has 0 atom stereocenters. The van der Waals surface area contributed by atoms with E-state index in [-0.39, 0.29) is 0 Å². The van der Waals surface area contributed by atoms with Gasteiger partial charge in [0, 0.05) is 49.2 Å². The lowest BCUT2D eigenvalue weighted by Crippen LogP contribution is -1.95. The van der Waals surface area contributed by atoms with Crippen LogP contribution in [0.2, 0.25) is 0 Å². The van der Waals surface area contributed by atoms with Gasteiger partial charge in [0.25, 0.3) is 0 Å². The standard InChI is InChI=1S/C19H19N5.C2H6.2CH2O/c1-13-4-6-16(7-5-13)22-19-9-18-14(10-20-19)8-17(24(18)3)15-11-21-23(2)12-15;3*1-2/h4-12H,1-3H3,(H,20,22);1-2H3;2*1H2. The Kier molecular flexibility index (Phi) is 9.69. The zero-order chi connectivity index (χ0) is 22.7. The number of rotatable bonds is 3. The van der Waals surface area contributed by atoms with Crippen LogP contribution in [0.25, 0.3) is 22.2 Å². The van der Waals surface area contributed by atoms with E-state index in [0.717, 1.165) is 33.7 Å². The summed E-state index contributed by atoms with van der Waals surface area (Å²) in [4.78, 5) is 20.5. The summed E-state index contributed by atoms with van der Waals surface area (Å²) in [6.45, 7) is 10.1. The van der Waals surface area contributed by atoms with Crippen LogP contribution in [0.15, 0.2) is 55.0 Å². The van der Waals surface area contributed by atoms with Gasteiger partial charge >= 0.3 is 0 Å². The van der Waals surface area contributed by atoms with Crippen LogP contribution in [-0.4, -0.2) is 32.9 Å². The van der Waals surface area contributed by atoms with Crippen molar-refractivity contribution in [2.45, 2.75) is 20.8 Å². The maximum absolute atomic E-state index is 8.00. The van der Waals surface area contributed by atoms with Crippen molar-refractivity contribution in [3.8, 4) is 11.3 Å². The number of hydrogen-bond acceptors (Lipinski definition) is 5. The van der Waals surface area contributed by atoms with Crippen LogP contribution in [-0.2, 0) is 23.7 Å². The summed E-state index contributed by atoms with van der Waals surface area (Å²) in [6.07, 6.45) is 5.81. The summed E-state index contributed by atoms with van der Waals surface area (Å²) in [6, 6.07) is 12.5. The van der Waals surface area contributed by atoms with Gasteiger partial charge in [0.15, 0.2) is 0 Å². The molecule has 4 aromatic rings. The maximum Gasteiger partial charge on any atom is 0.132 e. The van der Waals surface area contributed by atoms with Crippen LogP contribution in [0.3, 0.4) is 0 Å². The van der Waals surface area contributed by atoms with Crippen molar-refractivity contribution in [2.75, 3.05) is 5.32 Å². The molecule has 1 N–H and O–H groups in total. The number of benzene rings is 1. The Morgan fingerprint density at radius 1 is 0.933 bits per heavy atom. The molecule has 0 saturated heterocycles. The van der Waals surface area contributed by atoms with Gasteiger partial charge in [0.1, 0.15) is 19.4 Å². The molecule has 0 spiro atoms. The first-order chi connectivity index (χ1) is 14.6. The van der Waals surface area contributed by atoms with Crippen molar-refractivity contribution in [2.24, 2.45) is 14.1 Å². The number of anilines is 2. The minimum atomic E-state index is 0.838. The van der Waals surface area contributed by atoms with Gasteiger partial charge in [-0.3, -0.25) is 4.68 Å². The van der Waals surface area contributed by atoms with E-state index in [2.05, 4.69) is 70.3 Å². The molecule has 0 aliphatic heterocycles. The van der Waals surface area contributed by atoms with Gasteiger partial charge in [-0.05, 0) is 25.1 Å². The molecule has 0 aliphatic carbocycles. The zero-order valence-electron chi connectivity index (χ0n) is 18.2. The van der Waals surface area contributed by atoms with E-state index in [9.17, 15) is 0 Å². The van der Waals surface area contributed by atoms with Crippen LogP contribution in [0.1, 0.15) is 19.4 Å². The fraction of sp³-hybridized carbons (Fsp3) is 0.217. The van der Waals surface area contributed by atoms with E-state index >= 15 is 0 Å². The van der Waals surface area contributed by atoms with Gasteiger partial charge in [-0.2, -0.15) is 5.10 Å². The van der Waals surface area contributed by atoms with Gasteiger partial charge in [-0.1, -0.05) is 31.5 Å². The first kappa shape index (κ1) is 24.3.